The van der Waals surface area contributed by atoms with Crippen molar-refractivity contribution in [3.8, 4) is 0 Å². The van der Waals surface area contributed by atoms with Crippen molar-refractivity contribution >= 4 is 29.2 Å². The minimum atomic E-state index is 0.00634. The lowest BCUT2D eigenvalue weighted by atomic mass is 10.5. The Morgan fingerprint density at radius 1 is 1.82 bits per heavy atom. The highest BCUT2D eigenvalue weighted by Crippen LogP contribution is 2.09. The van der Waals surface area contributed by atoms with Crippen molar-refractivity contribution in [2.24, 2.45) is 0 Å². The van der Waals surface area contributed by atoms with Gasteiger partial charge in [0.15, 0.2) is 0 Å². The van der Waals surface area contributed by atoms with Crippen LogP contribution in [0.3, 0.4) is 0 Å². The fraction of sp³-hybridized carbons (Fsp3) is 0.286. The Morgan fingerprint density at radius 2 is 2.64 bits per heavy atom. The van der Waals surface area contributed by atoms with Crippen molar-refractivity contribution in [1.29, 1.82) is 0 Å². The monoisotopic (exact) mass is 187 g/mol. The molecule has 0 aliphatic heterocycles. The van der Waals surface area contributed by atoms with Gasteiger partial charge in [-0.3, -0.25) is 9.52 Å². The highest BCUT2D eigenvalue weighted by molar-refractivity contribution is 7.97. The first-order valence-corrected chi connectivity index (χ1v) is 5.16. The first-order valence-electron chi connectivity index (χ1n) is 3.30. The van der Waals surface area contributed by atoms with E-state index < -0.39 is 0 Å². The van der Waals surface area contributed by atoms with E-state index in [1.807, 2.05) is 24.4 Å². The summed E-state index contributed by atoms with van der Waals surface area (Å²) in [7, 11) is 0. The van der Waals surface area contributed by atoms with Crippen molar-refractivity contribution in [3.63, 3.8) is 0 Å². The standard InChI is InChI=1S/C7H9NOS2/c1-2-11-8-7(9)6-4-3-5-10-6/h3-5H,2H2,1H3,(H,8,9). The molecule has 0 spiro atoms. The van der Waals surface area contributed by atoms with Crippen LogP contribution in [-0.4, -0.2) is 11.7 Å². The number of hydrogen-bond donors (Lipinski definition) is 1. The Hall–Kier alpha value is -0.480. The van der Waals surface area contributed by atoms with Gasteiger partial charge in [-0.2, -0.15) is 0 Å². The van der Waals surface area contributed by atoms with E-state index in [1.165, 1.54) is 23.3 Å². The van der Waals surface area contributed by atoms with E-state index in [-0.39, 0.29) is 5.91 Å². The third-order valence-corrected chi connectivity index (χ3v) is 2.54. The fourth-order valence-electron chi connectivity index (χ4n) is 0.596. The summed E-state index contributed by atoms with van der Waals surface area (Å²) in [6.07, 6.45) is 0. The predicted octanol–water partition coefficient (Wildman–Crippen LogP) is 2.15. The highest BCUT2D eigenvalue weighted by atomic mass is 32.2. The van der Waals surface area contributed by atoms with Crippen LogP contribution in [0.4, 0.5) is 0 Å². The van der Waals surface area contributed by atoms with Gasteiger partial charge >= 0.3 is 0 Å². The molecule has 4 heteroatoms. The lowest BCUT2D eigenvalue weighted by molar-refractivity contribution is 0.0988. The van der Waals surface area contributed by atoms with E-state index in [0.717, 1.165) is 10.6 Å². The number of nitrogens with one attached hydrogen (secondary N) is 1. The summed E-state index contributed by atoms with van der Waals surface area (Å²) in [5, 5.41) is 1.89. The molecular formula is C7H9NOS2. The van der Waals surface area contributed by atoms with E-state index in [0.29, 0.717) is 0 Å². The van der Waals surface area contributed by atoms with Gasteiger partial charge in [0.1, 0.15) is 0 Å². The van der Waals surface area contributed by atoms with Gasteiger partial charge in [0, 0.05) is 5.75 Å². The topological polar surface area (TPSA) is 29.1 Å². The number of hydrogen-bond acceptors (Lipinski definition) is 3. The zero-order chi connectivity index (χ0) is 8.10. The summed E-state index contributed by atoms with van der Waals surface area (Å²) >= 11 is 2.88. The van der Waals surface area contributed by atoms with E-state index in [4.69, 9.17) is 0 Å². The van der Waals surface area contributed by atoms with Gasteiger partial charge in [-0.25, -0.2) is 0 Å². The molecule has 0 atom stereocenters. The molecule has 11 heavy (non-hydrogen) atoms. The summed E-state index contributed by atoms with van der Waals surface area (Å²) < 4.78 is 2.72. The van der Waals surface area contributed by atoms with E-state index in [1.54, 1.807) is 0 Å². The summed E-state index contributed by atoms with van der Waals surface area (Å²) in [6.45, 7) is 2.00. The van der Waals surface area contributed by atoms with Gasteiger partial charge in [0.05, 0.1) is 4.88 Å². The van der Waals surface area contributed by atoms with Gasteiger partial charge in [0.2, 0.25) is 0 Å². The molecule has 0 radical (unpaired) electrons. The van der Waals surface area contributed by atoms with Gasteiger partial charge in [-0.05, 0) is 11.4 Å². The van der Waals surface area contributed by atoms with Crippen LogP contribution >= 0.6 is 23.3 Å². The quantitative estimate of drug-likeness (QED) is 0.735. The molecule has 1 aromatic heterocycles. The van der Waals surface area contributed by atoms with E-state index in [9.17, 15) is 4.79 Å². The van der Waals surface area contributed by atoms with Crippen molar-refractivity contribution < 1.29 is 4.79 Å². The molecule has 1 heterocycles. The number of rotatable bonds is 3. The Balaban J connectivity index is 2.43. The van der Waals surface area contributed by atoms with Gasteiger partial charge in [-0.1, -0.05) is 24.9 Å². The number of carbonyl (C=O) groups excluding carboxylic acids is 1. The van der Waals surface area contributed by atoms with Crippen LogP contribution in [0.25, 0.3) is 0 Å². The highest BCUT2D eigenvalue weighted by Gasteiger charge is 2.03. The fourth-order valence-corrected chi connectivity index (χ4v) is 1.66. The Bertz CT molecular complexity index is 220. The van der Waals surface area contributed by atoms with E-state index >= 15 is 0 Å². The average Bonchev–Trinajstić information content (AvgIpc) is 2.52. The third-order valence-electron chi connectivity index (χ3n) is 1.05. The van der Waals surface area contributed by atoms with E-state index in [2.05, 4.69) is 4.72 Å². The van der Waals surface area contributed by atoms with Crippen LogP contribution in [0.1, 0.15) is 16.6 Å². The van der Waals surface area contributed by atoms with Crippen LogP contribution in [0.15, 0.2) is 17.5 Å². The smallest absolute Gasteiger partial charge is 0.271 e. The normalized spacial score (nSPS) is 9.55. The molecule has 1 aromatic rings. The van der Waals surface area contributed by atoms with Gasteiger partial charge in [-0.15, -0.1) is 11.3 Å². The third kappa shape index (κ3) is 2.55. The van der Waals surface area contributed by atoms with Crippen LogP contribution in [-0.2, 0) is 0 Å². The van der Waals surface area contributed by atoms with Gasteiger partial charge < -0.3 is 0 Å². The Labute approximate surface area is 74.1 Å². The average molecular weight is 187 g/mol. The van der Waals surface area contributed by atoms with Crippen LogP contribution in [0.5, 0.6) is 0 Å². The first-order chi connectivity index (χ1) is 5.34. The molecule has 1 N–H and O–H groups in total. The lowest BCUT2D eigenvalue weighted by Gasteiger charge is -1.97. The molecule has 0 unspecified atom stereocenters. The van der Waals surface area contributed by atoms with Crippen molar-refractivity contribution in [3.05, 3.63) is 22.4 Å². The SMILES string of the molecule is CCSNC(=O)c1cccs1. The molecule has 0 fully saturated rings. The maximum absolute atomic E-state index is 11.1. The molecule has 0 aromatic carbocycles. The molecular weight excluding hydrogens is 178 g/mol. The van der Waals surface area contributed by atoms with Crippen molar-refractivity contribution in [2.75, 3.05) is 5.75 Å². The predicted molar refractivity (Wildman–Crippen MR) is 49.9 cm³/mol. The molecule has 0 saturated heterocycles. The summed E-state index contributed by atoms with van der Waals surface area (Å²) in [4.78, 5) is 11.9. The molecule has 0 saturated carbocycles. The molecule has 2 nitrogen and oxygen atoms in total. The van der Waals surface area contributed by atoms with Crippen molar-refractivity contribution in [2.45, 2.75) is 6.92 Å². The maximum Gasteiger partial charge on any atom is 0.271 e. The number of carbonyl (C=O) groups is 1. The molecule has 1 amide bonds. The molecule has 60 valence electrons. The van der Waals surface area contributed by atoms with Crippen LogP contribution < -0.4 is 4.72 Å². The van der Waals surface area contributed by atoms with Crippen molar-refractivity contribution in [1.82, 2.24) is 4.72 Å². The largest absolute Gasteiger partial charge is 0.295 e. The van der Waals surface area contributed by atoms with Gasteiger partial charge in [0.25, 0.3) is 5.91 Å². The number of amides is 1. The molecule has 0 aliphatic rings. The Kier molecular flexibility index (Phi) is 3.45. The first kappa shape index (κ1) is 8.62. The zero-order valence-electron chi connectivity index (χ0n) is 6.16. The summed E-state index contributed by atoms with van der Waals surface area (Å²) in [6, 6.07) is 3.69. The zero-order valence-corrected chi connectivity index (χ0v) is 7.80. The second-order valence-electron chi connectivity index (χ2n) is 1.84. The second-order valence-corrected chi connectivity index (χ2v) is 3.86. The summed E-state index contributed by atoms with van der Waals surface area (Å²) in [5.74, 6) is 0.906. The van der Waals surface area contributed by atoms with Crippen LogP contribution in [0.2, 0.25) is 0 Å². The molecule has 0 bridgehead atoms. The Morgan fingerprint density at radius 3 is 3.18 bits per heavy atom. The minimum absolute atomic E-state index is 0.00634. The lowest BCUT2D eigenvalue weighted by Crippen LogP contribution is -2.14. The molecule has 0 aliphatic carbocycles. The second kappa shape index (κ2) is 4.41. The molecule has 1 rings (SSSR count). The number of thiophene rings is 1. The maximum atomic E-state index is 11.1. The minimum Gasteiger partial charge on any atom is -0.295 e. The van der Waals surface area contributed by atoms with Crippen LogP contribution in [0, 0.1) is 0 Å². The summed E-state index contributed by atoms with van der Waals surface area (Å²) in [5.41, 5.74) is 0.